The van der Waals surface area contributed by atoms with Gasteiger partial charge in [0.2, 0.25) is 23.6 Å². The van der Waals surface area contributed by atoms with Crippen molar-refractivity contribution in [1.29, 1.82) is 0 Å². The molecule has 0 radical (unpaired) electrons. The Labute approximate surface area is 572 Å². The molecule has 6 saturated heterocycles. The van der Waals surface area contributed by atoms with Gasteiger partial charge in [0.05, 0.1) is 51.8 Å². The summed E-state index contributed by atoms with van der Waals surface area (Å²) in [6.07, 6.45) is -28.6. The molecule has 6 aliphatic rings. The first-order chi connectivity index (χ1) is 47.2. The molecule has 35 heteroatoms. The highest BCUT2D eigenvalue weighted by Gasteiger charge is 2.58. The zero-order chi connectivity index (χ0) is 72.5. The largest absolute Gasteiger partial charge is 0.494 e. The van der Waals surface area contributed by atoms with Gasteiger partial charge in [-0.1, -0.05) is 51.3 Å². The van der Waals surface area contributed by atoms with Crippen LogP contribution in [0.4, 0.5) is 0 Å². The summed E-state index contributed by atoms with van der Waals surface area (Å²) in [7, 11) is 1.37. The van der Waals surface area contributed by atoms with E-state index in [4.69, 9.17) is 61.6 Å². The molecule has 0 spiro atoms. The van der Waals surface area contributed by atoms with Gasteiger partial charge in [0.15, 0.2) is 37.7 Å². The van der Waals surface area contributed by atoms with E-state index in [1.54, 1.807) is 26.0 Å². The fourth-order valence-electron chi connectivity index (χ4n) is 13.0. The molecule has 6 fully saturated rings. The zero-order valence-corrected chi connectivity index (χ0v) is 56.7. The number of carbonyl (C=O) groups is 5. The van der Waals surface area contributed by atoms with Crippen LogP contribution in [0.15, 0.2) is 36.4 Å². The molecular weight excluding hydrogens is 1320 g/mol. The third-order valence-corrected chi connectivity index (χ3v) is 18.2. The van der Waals surface area contributed by atoms with E-state index >= 15 is 0 Å². The average molecular weight is 1420 g/mol. The molecular formula is C64H103N5O30. The Kier molecular flexibility index (Phi) is 31.8. The van der Waals surface area contributed by atoms with Gasteiger partial charge in [-0.15, -0.1) is 0 Å². The molecule has 0 saturated carbocycles. The fourth-order valence-corrected chi connectivity index (χ4v) is 13.0. The minimum Gasteiger partial charge on any atom is -0.494 e. The normalized spacial score (nSPS) is 39.6. The summed E-state index contributed by atoms with van der Waals surface area (Å²) in [5, 5.41) is 148. The number of amides is 5. The summed E-state index contributed by atoms with van der Waals surface area (Å²) in [6, 6.07) is -2.33. The van der Waals surface area contributed by atoms with Crippen LogP contribution in [0, 0.1) is 5.92 Å². The number of methoxy groups -OCH3 is 1. The molecule has 99 heavy (non-hydrogen) atoms. The Bertz CT molecular complexity index is 2730. The predicted octanol–water partition coefficient (Wildman–Crippen LogP) is -5.45. The Morgan fingerprint density at radius 2 is 0.909 bits per heavy atom. The van der Waals surface area contributed by atoms with E-state index in [1.807, 2.05) is 0 Å². The van der Waals surface area contributed by atoms with E-state index in [0.717, 1.165) is 53.4 Å². The molecule has 0 aromatic heterocycles. The van der Waals surface area contributed by atoms with Crippen molar-refractivity contribution >= 4 is 29.5 Å². The summed E-state index contributed by atoms with van der Waals surface area (Å²) in [6.45, 7) is 5.62. The number of allylic oxidation sites excluding steroid dienone is 2. The Morgan fingerprint density at radius 3 is 1.36 bits per heavy atom. The number of carbonyl (C=O) groups excluding carboxylic acids is 5. The SMILES string of the molecule is CCCCCC/C=C\CCCOc1cccc(C(=O)N[C@@H]2C(O[C@H]3C(O)C(NC(C)=O)C(OC4C(CO)OC(O[C@H]5C(O)C(NC(C)=O)C(OC6C(CO[C@@H]7OC(C)C(O)[C@H](C)[C@H]7OC)OC(O)C(NC(C)=O)[C@H]6O)O[C@H]5CO)[C@@H](NC(C)=O)[C@H]4O)O[C@H]3CO)OC(CO)[C@@H](O)[C@@H]2O)c1. The van der Waals surface area contributed by atoms with Gasteiger partial charge in [-0.2, -0.15) is 0 Å². The highest BCUT2D eigenvalue weighted by Crippen LogP contribution is 2.37. The summed E-state index contributed by atoms with van der Waals surface area (Å²) in [5.74, 6) is -4.10. The minimum absolute atomic E-state index is 0.0529. The van der Waals surface area contributed by atoms with Crippen LogP contribution in [-0.2, 0) is 76.0 Å². The van der Waals surface area contributed by atoms with Crippen LogP contribution in [0.5, 0.6) is 5.75 Å². The number of hydrogen-bond acceptors (Lipinski definition) is 30. The van der Waals surface area contributed by atoms with Crippen LogP contribution in [0.1, 0.15) is 104 Å². The number of benzene rings is 1. The van der Waals surface area contributed by atoms with E-state index in [1.165, 1.54) is 32.1 Å². The average Bonchev–Trinajstić information content (AvgIpc) is 0.771. The fraction of sp³-hybridized carbons (Fsp3) is 0.797. The van der Waals surface area contributed by atoms with Crippen molar-refractivity contribution in [2.24, 2.45) is 5.92 Å². The van der Waals surface area contributed by atoms with Crippen LogP contribution in [0.2, 0.25) is 0 Å². The first-order valence-electron chi connectivity index (χ1n) is 33.5. The molecule has 0 bridgehead atoms. The van der Waals surface area contributed by atoms with Crippen LogP contribution in [0.3, 0.4) is 0 Å². The maximum atomic E-state index is 14.0. The Morgan fingerprint density at radius 1 is 0.475 bits per heavy atom. The third-order valence-electron chi connectivity index (χ3n) is 18.2. The van der Waals surface area contributed by atoms with Crippen LogP contribution >= 0.6 is 0 Å². The van der Waals surface area contributed by atoms with Crippen molar-refractivity contribution in [2.75, 3.05) is 46.8 Å². The number of aliphatic hydroxyl groups is 12. The molecule has 17 N–H and O–H groups in total. The lowest BCUT2D eigenvalue weighted by molar-refractivity contribution is -0.368. The van der Waals surface area contributed by atoms with Crippen molar-refractivity contribution in [1.82, 2.24) is 26.6 Å². The lowest BCUT2D eigenvalue weighted by Crippen LogP contribution is -2.72. The second-order valence-electron chi connectivity index (χ2n) is 25.7. The van der Waals surface area contributed by atoms with Gasteiger partial charge < -0.3 is 149 Å². The van der Waals surface area contributed by atoms with E-state index in [-0.39, 0.29) is 5.56 Å². The van der Waals surface area contributed by atoms with Crippen molar-refractivity contribution in [2.45, 2.75) is 271 Å². The number of nitrogens with one attached hydrogen (secondary N) is 5. The molecule has 564 valence electrons. The van der Waals surface area contributed by atoms with Gasteiger partial charge in [0.1, 0.15) is 134 Å². The molecule has 0 aliphatic carbocycles. The minimum atomic E-state index is -2.05. The maximum absolute atomic E-state index is 14.0. The summed E-state index contributed by atoms with van der Waals surface area (Å²) in [5.41, 5.74) is 0.0529. The first-order valence-corrected chi connectivity index (χ1v) is 33.5. The van der Waals surface area contributed by atoms with Gasteiger partial charge in [0.25, 0.3) is 5.91 Å². The Balaban J connectivity index is 1.07. The summed E-state index contributed by atoms with van der Waals surface area (Å²) >= 11 is 0. The standard InChI is InChI=1S/C64H103N5O30/c1-9-10-11-12-13-14-15-16-17-21-88-35-20-18-19-34(22-35)58(85)69-42-48(80)47(79)36(23-70)92-60(42)96-54-37(24-71)93-61(43(50(54)82)66-31(5)75)97-55-38(25-72)94-62(44(51(55)83)67-32(6)76)98-56-39(26-73)95-63(45(52(56)84)68-33(7)77)99-57-40(91-59(86)41(49(57)81)65-30(4)74)27-89-64-53(87-8)28(2)46(78)29(3)90-64/h14-15,18-20,22,28-29,36-57,59-64,70-73,78-84,86H,9-13,16-17,21,23-27H2,1-8H3,(H,65,74)(H,66,75)(H,67,76)(H,68,77)(H,69,85)/b15-14-/t28-,29?,36?,37-,38?,39-,40?,41?,42-,43?,44-,45?,46?,47+,48+,49+,50?,51+,52?,53+,54+,55?,56+,57?,59?,60?,61?,62?,63?,64+/m0/s1. The van der Waals surface area contributed by atoms with Crippen molar-refractivity contribution in [3.05, 3.63) is 42.0 Å². The molecule has 5 amide bonds. The van der Waals surface area contributed by atoms with Gasteiger partial charge in [-0.3, -0.25) is 24.0 Å². The summed E-state index contributed by atoms with van der Waals surface area (Å²) < 4.78 is 78.7. The number of hydrogen-bond donors (Lipinski definition) is 17. The molecule has 35 nitrogen and oxygen atoms in total. The molecule has 1 aromatic rings. The van der Waals surface area contributed by atoms with Crippen molar-refractivity contribution < 1.29 is 147 Å². The summed E-state index contributed by atoms with van der Waals surface area (Å²) in [4.78, 5) is 65.2. The van der Waals surface area contributed by atoms with Crippen LogP contribution in [-0.4, -0.2) is 315 Å². The second-order valence-corrected chi connectivity index (χ2v) is 25.7. The highest BCUT2D eigenvalue weighted by molar-refractivity contribution is 5.94. The topological polar surface area (TPSA) is 508 Å². The number of aliphatic hydroxyl groups excluding tert-OH is 12. The molecule has 1 aromatic carbocycles. The van der Waals surface area contributed by atoms with Gasteiger partial charge in [-0.05, 0) is 50.8 Å². The molecule has 30 atom stereocenters. The van der Waals surface area contributed by atoms with E-state index in [0.29, 0.717) is 18.8 Å². The lowest BCUT2D eigenvalue weighted by Gasteiger charge is -2.51. The smallest absolute Gasteiger partial charge is 0.251 e. The zero-order valence-electron chi connectivity index (χ0n) is 56.7. The van der Waals surface area contributed by atoms with E-state index < -0.39 is 246 Å². The molecule has 17 unspecified atom stereocenters. The van der Waals surface area contributed by atoms with Gasteiger partial charge in [0, 0.05) is 46.3 Å². The van der Waals surface area contributed by atoms with E-state index in [9.17, 15) is 85.3 Å². The van der Waals surface area contributed by atoms with E-state index in [2.05, 4.69) is 45.7 Å². The number of rotatable bonds is 32. The van der Waals surface area contributed by atoms with Crippen molar-refractivity contribution in [3.8, 4) is 5.75 Å². The maximum Gasteiger partial charge on any atom is 0.251 e. The highest BCUT2D eigenvalue weighted by atomic mass is 16.8. The van der Waals surface area contributed by atoms with Gasteiger partial charge >= 0.3 is 0 Å². The van der Waals surface area contributed by atoms with Crippen LogP contribution < -0.4 is 31.3 Å². The monoisotopic (exact) mass is 1420 g/mol. The number of ether oxygens (including phenoxy) is 13. The van der Waals surface area contributed by atoms with Crippen LogP contribution in [0.25, 0.3) is 0 Å². The number of unbranched alkanes of at least 4 members (excludes halogenated alkanes) is 5. The predicted molar refractivity (Wildman–Crippen MR) is 336 cm³/mol. The lowest BCUT2D eigenvalue weighted by atomic mass is 9.91. The molecule has 6 heterocycles. The van der Waals surface area contributed by atoms with Gasteiger partial charge in [-0.25, -0.2) is 0 Å². The Hall–Kier alpha value is -4.85. The van der Waals surface area contributed by atoms with Crippen molar-refractivity contribution in [3.63, 3.8) is 0 Å². The first kappa shape index (κ1) is 81.4. The molecule has 6 aliphatic heterocycles. The third kappa shape index (κ3) is 21.0. The molecule has 7 rings (SSSR count). The second kappa shape index (κ2) is 38.6. The quantitative estimate of drug-likeness (QED) is 0.0236.